The molecule has 2 fully saturated rings. The molecule has 0 spiro atoms. The molecule has 2 aliphatic rings. The molecular formula is C46H64N4. The van der Waals surface area contributed by atoms with Crippen molar-refractivity contribution in [2.24, 2.45) is 35.5 Å². The van der Waals surface area contributed by atoms with Gasteiger partial charge in [-0.2, -0.15) is 21.0 Å². The molecule has 2 aromatic carbocycles. The topological polar surface area (TPSA) is 95.2 Å². The van der Waals surface area contributed by atoms with Crippen LogP contribution in [0.2, 0.25) is 0 Å². The Morgan fingerprint density at radius 3 is 1.12 bits per heavy atom. The van der Waals surface area contributed by atoms with Gasteiger partial charge in [0.2, 0.25) is 0 Å². The summed E-state index contributed by atoms with van der Waals surface area (Å²) >= 11 is 0. The second-order valence-electron chi connectivity index (χ2n) is 16.4. The molecule has 0 aliphatic heterocycles. The van der Waals surface area contributed by atoms with Crippen molar-refractivity contribution in [2.75, 3.05) is 0 Å². The summed E-state index contributed by atoms with van der Waals surface area (Å²) in [6.45, 7) is 18.1. The molecule has 0 unspecified atom stereocenters. The molecule has 0 amide bonds. The van der Waals surface area contributed by atoms with E-state index in [1.165, 1.54) is 51.4 Å². The van der Waals surface area contributed by atoms with Crippen molar-refractivity contribution in [1.82, 2.24) is 0 Å². The van der Waals surface area contributed by atoms with Gasteiger partial charge < -0.3 is 0 Å². The van der Waals surface area contributed by atoms with E-state index in [1.807, 2.05) is 0 Å². The average Bonchev–Trinajstić information content (AvgIpc) is 3.10. The lowest BCUT2D eigenvalue weighted by Gasteiger charge is -2.38. The highest BCUT2D eigenvalue weighted by molar-refractivity contribution is 5.54. The first-order valence-electron chi connectivity index (χ1n) is 20.0. The van der Waals surface area contributed by atoms with Gasteiger partial charge in [-0.05, 0) is 145 Å². The van der Waals surface area contributed by atoms with Crippen LogP contribution in [-0.2, 0) is 12.8 Å². The monoisotopic (exact) mass is 673 g/mol. The van der Waals surface area contributed by atoms with Crippen LogP contribution in [-0.4, -0.2) is 0 Å². The lowest BCUT2D eigenvalue weighted by atomic mass is 9.66. The van der Waals surface area contributed by atoms with E-state index in [9.17, 15) is 21.0 Å². The number of rotatable bonds is 12. The third-order valence-electron chi connectivity index (χ3n) is 11.9. The standard InChI is InChI=1S/2C23H32N2/c2*1-5-6-7-8-18-12-19(14-24)23(20(13-18)15-25)22-11-17(4)9-10-21(22)16(2)3/h2*12-13,16-17,21-22H,5-11H2,1-4H3/t17-,21+,22-;17-,21-,22+/m10/s1. The maximum atomic E-state index is 9.80. The van der Waals surface area contributed by atoms with Crippen LogP contribution in [0, 0.1) is 80.8 Å². The molecule has 0 heterocycles. The fourth-order valence-corrected chi connectivity index (χ4v) is 9.11. The van der Waals surface area contributed by atoms with E-state index in [0.717, 1.165) is 83.0 Å². The fraction of sp³-hybridized carbons (Fsp3) is 0.652. The van der Waals surface area contributed by atoms with Crippen LogP contribution in [0.25, 0.3) is 0 Å². The van der Waals surface area contributed by atoms with Crippen molar-refractivity contribution in [1.29, 1.82) is 21.0 Å². The highest BCUT2D eigenvalue weighted by Crippen LogP contribution is 2.47. The zero-order chi connectivity index (χ0) is 36.8. The molecule has 2 aromatic rings. The predicted octanol–water partition coefficient (Wildman–Crippen LogP) is 12.7. The summed E-state index contributed by atoms with van der Waals surface area (Å²) in [6.07, 6.45) is 16.1. The summed E-state index contributed by atoms with van der Waals surface area (Å²) in [6, 6.07) is 17.9. The Morgan fingerprint density at radius 1 is 0.540 bits per heavy atom. The van der Waals surface area contributed by atoms with Gasteiger partial charge in [-0.1, -0.05) is 93.9 Å². The molecule has 0 bridgehead atoms. The van der Waals surface area contributed by atoms with Crippen molar-refractivity contribution in [3.63, 3.8) is 0 Å². The van der Waals surface area contributed by atoms with Crippen LogP contribution >= 0.6 is 0 Å². The van der Waals surface area contributed by atoms with Gasteiger partial charge in [0.1, 0.15) is 0 Å². The van der Waals surface area contributed by atoms with Crippen molar-refractivity contribution < 1.29 is 0 Å². The molecule has 2 saturated carbocycles. The molecule has 0 saturated heterocycles. The SMILES string of the molecule is CCCCCc1cc(C#N)c([C@@H]2C[C@@H](C)CC[C@H]2C(C)C)c(C#N)c1.CCCCCc1cc(C#N)c([C@@H]2C[C@H](C)CC[C@H]2C(C)C)c(C#N)c1. The van der Waals surface area contributed by atoms with Gasteiger partial charge in [-0.15, -0.1) is 0 Å². The maximum Gasteiger partial charge on any atom is 0.0995 e. The lowest BCUT2D eigenvalue weighted by Crippen LogP contribution is -2.27. The molecular weight excluding hydrogens is 609 g/mol. The molecule has 0 radical (unpaired) electrons. The van der Waals surface area contributed by atoms with E-state index >= 15 is 0 Å². The largest absolute Gasteiger partial charge is 0.192 e. The summed E-state index contributed by atoms with van der Waals surface area (Å²) in [5.74, 6) is 4.34. The number of unbranched alkanes of at least 4 members (excludes halogenated alkanes) is 4. The molecule has 2 aliphatic carbocycles. The number of aryl methyl sites for hydroxylation is 2. The van der Waals surface area contributed by atoms with Gasteiger partial charge in [0.15, 0.2) is 0 Å². The molecule has 6 atom stereocenters. The summed E-state index contributed by atoms with van der Waals surface area (Å²) in [5, 5.41) is 39.2. The zero-order valence-corrected chi connectivity index (χ0v) is 32.6. The maximum absolute atomic E-state index is 9.80. The molecule has 4 heteroatoms. The summed E-state index contributed by atoms with van der Waals surface area (Å²) in [4.78, 5) is 0. The van der Waals surface area contributed by atoms with Gasteiger partial charge in [0, 0.05) is 0 Å². The predicted molar refractivity (Wildman–Crippen MR) is 206 cm³/mol. The minimum absolute atomic E-state index is 0.345. The van der Waals surface area contributed by atoms with E-state index in [1.54, 1.807) is 0 Å². The molecule has 0 N–H and O–H groups in total. The fourth-order valence-electron chi connectivity index (χ4n) is 9.11. The van der Waals surface area contributed by atoms with Gasteiger partial charge >= 0.3 is 0 Å². The molecule has 50 heavy (non-hydrogen) atoms. The Morgan fingerprint density at radius 2 is 0.860 bits per heavy atom. The number of benzene rings is 2. The van der Waals surface area contributed by atoms with E-state index in [-0.39, 0.29) is 0 Å². The lowest BCUT2D eigenvalue weighted by molar-refractivity contribution is 0.197. The first-order chi connectivity index (χ1) is 24.0. The van der Waals surface area contributed by atoms with E-state index < -0.39 is 0 Å². The number of nitrogens with zero attached hydrogens (tertiary/aromatic N) is 4. The highest BCUT2D eigenvalue weighted by atomic mass is 14.4. The van der Waals surface area contributed by atoms with Crippen molar-refractivity contribution in [2.45, 2.75) is 157 Å². The Hall–Kier alpha value is -3.60. The number of hydrogen-bond acceptors (Lipinski definition) is 4. The molecule has 268 valence electrons. The van der Waals surface area contributed by atoms with Gasteiger partial charge in [-0.25, -0.2) is 0 Å². The van der Waals surface area contributed by atoms with Crippen molar-refractivity contribution in [3.05, 3.63) is 68.8 Å². The van der Waals surface area contributed by atoms with Crippen molar-refractivity contribution in [3.8, 4) is 24.3 Å². The van der Waals surface area contributed by atoms with Crippen LogP contribution in [0.1, 0.15) is 189 Å². The minimum atomic E-state index is 0.345. The van der Waals surface area contributed by atoms with Gasteiger partial charge in [0.25, 0.3) is 0 Å². The highest BCUT2D eigenvalue weighted by Gasteiger charge is 2.36. The smallest absolute Gasteiger partial charge is 0.0995 e. The Kier molecular flexibility index (Phi) is 16.6. The van der Waals surface area contributed by atoms with Gasteiger partial charge in [0.05, 0.1) is 46.5 Å². The number of hydrogen-bond donors (Lipinski definition) is 0. The zero-order valence-electron chi connectivity index (χ0n) is 32.6. The average molecular weight is 673 g/mol. The third kappa shape index (κ3) is 10.7. The first-order valence-corrected chi connectivity index (χ1v) is 20.0. The summed E-state index contributed by atoms with van der Waals surface area (Å²) < 4.78 is 0. The van der Waals surface area contributed by atoms with Crippen LogP contribution < -0.4 is 0 Å². The van der Waals surface area contributed by atoms with E-state index in [4.69, 9.17) is 0 Å². The van der Waals surface area contributed by atoms with Crippen LogP contribution in [0.15, 0.2) is 24.3 Å². The molecule has 0 aromatic heterocycles. The Balaban J connectivity index is 0.000000270. The van der Waals surface area contributed by atoms with Crippen LogP contribution in [0.5, 0.6) is 0 Å². The second-order valence-corrected chi connectivity index (χ2v) is 16.4. The molecule has 4 rings (SSSR count). The Labute approximate surface area is 305 Å². The third-order valence-corrected chi connectivity index (χ3v) is 11.9. The van der Waals surface area contributed by atoms with Crippen molar-refractivity contribution >= 4 is 0 Å². The summed E-state index contributed by atoms with van der Waals surface area (Å²) in [5.41, 5.74) is 7.35. The van der Waals surface area contributed by atoms with Crippen LogP contribution in [0.3, 0.4) is 0 Å². The minimum Gasteiger partial charge on any atom is -0.192 e. The van der Waals surface area contributed by atoms with E-state index in [2.05, 4.69) is 104 Å². The number of nitriles is 4. The Bertz CT molecular complexity index is 1370. The quantitative estimate of drug-likeness (QED) is 0.210. The summed E-state index contributed by atoms with van der Waals surface area (Å²) in [7, 11) is 0. The first kappa shape index (κ1) is 40.8. The molecule has 4 nitrogen and oxygen atoms in total. The van der Waals surface area contributed by atoms with Crippen LogP contribution in [0.4, 0.5) is 0 Å². The van der Waals surface area contributed by atoms with Gasteiger partial charge in [-0.3, -0.25) is 0 Å². The van der Waals surface area contributed by atoms with E-state index in [0.29, 0.717) is 47.3 Å². The normalized spacial score (nSPS) is 23.2. The second kappa shape index (κ2) is 20.3.